The molecule has 2 unspecified atom stereocenters. The van der Waals surface area contributed by atoms with Gasteiger partial charge in [-0.2, -0.15) is 0 Å². The summed E-state index contributed by atoms with van der Waals surface area (Å²) in [7, 11) is 0. The number of hydrogen-bond acceptors (Lipinski definition) is 4. The van der Waals surface area contributed by atoms with Crippen molar-refractivity contribution < 1.29 is 19.1 Å². The first-order valence-corrected chi connectivity index (χ1v) is 5.99. The molecule has 5 heteroatoms. The van der Waals surface area contributed by atoms with E-state index in [1.54, 1.807) is 27.7 Å². The highest BCUT2D eigenvalue weighted by molar-refractivity contribution is 5.76. The average molecular weight is 243 g/mol. The summed E-state index contributed by atoms with van der Waals surface area (Å²) in [5.41, 5.74) is -0.521. The number of ether oxygens (including phenoxy) is 2. The molecule has 1 fully saturated rings. The fourth-order valence-electron chi connectivity index (χ4n) is 1.66. The van der Waals surface area contributed by atoms with Gasteiger partial charge in [-0.25, -0.2) is 4.79 Å². The highest BCUT2D eigenvalue weighted by Crippen LogP contribution is 2.28. The van der Waals surface area contributed by atoms with E-state index in [9.17, 15) is 9.59 Å². The van der Waals surface area contributed by atoms with E-state index in [1.807, 2.05) is 0 Å². The van der Waals surface area contributed by atoms with E-state index in [0.717, 1.165) is 12.8 Å². The minimum Gasteiger partial charge on any atom is -0.466 e. The summed E-state index contributed by atoms with van der Waals surface area (Å²) in [4.78, 5) is 23.0. The molecule has 1 aliphatic rings. The summed E-state index contributed by atoms with van der Waals surface area (Å²) in [5.74, 6) is -0.456. The maximum absolute atomic E-state index is 11.5. The van der Waals surface area contributed by atoms with E-state index in [2.05, 4.69) is 5.32 Å². The molecule has 0 bridgehead atoms. The minimum atomic E-state index is -0.521. The lowest BCUT2D eigenvalue weighted by atomic mass is 9.79. The zero-order valence-corrected chi connectivity index (χ0v) is 10.9. The molecule has 0 aromatic carbocycles. The normalized spacial score (nSPS) is 23.5. The zero-order chi connectivity index (χ0) is 13.1. The number of amides is 1. The van der Waals surface area contributed by atoms with Crippen molar-refractivity contribution in [3.8, 4) is 0 Å². The van der Waals surface area contributed by atoms with Crippen LogP contribution in [0.2, 0.25) is 0 Å². The van der Waals surface area contributed by atoms with Crippen LogP contribution in [0.1, 0.15) is 40.5 Å². The van der Waals surface area contributed by atoms with Crippen LogP contribution in [0.5, 0.6) is 0 Å². The Balaban J connectivity index is 2.37. The van der Waals surface area contributed by atoms with E-state index in [0.29, 0.717) is 6.61 Å². The first-order chi connectivity index (χ1) is 7.83. The summed E-state index contributed by atoms with van der Waals surface area (Å²) >= 11 is 0. The molecule has 2 atom stereocenters. The highest BCUT2D eigenvalue weighted by atomic mass is 16.6. The summed E-state index contributed by atoms with van der Waals surface area (Å²) in [6, 6.07) is -0.149. The van der Waals surface area contributed by atoms with Gasteiger partial charge in [0.25, 0.3) is 0 Å². The van der Waals surface area contributed by atoms with Crippen LogP contribution in [0, 0.1) is 5.92 Å². The van der Waals surface area contributed by atoms with Gasteiger partial charge in [-0.1, -0.05) is 0 Å². The number of esters is 1. The maximum Gasteiger partial charge on any atom is 0.407 e. The molecule has 0 spiro atoms. The van der Waals surface area contributed by atoms with Crippen LogP contribution in [-0.2, 0) is 14.3 Å². The summed E-state index contributed by atoms with van der Waals surface area (Å²) in [5, 5.41) is 2.70. The zero-order valence-electron chi connectivity index (χ0n) is 10.9. The molecular formula is C12H21NO4. The Morgan fingerprint density at radius 2 is 1.94 bits per heavy atom. The second kappa shape index (κ2) is 5.38. The molecular weight excluding hydrogens is 222 g/mol. The number of hydrogen-bond donors (Lipinski definition) is 1. The smallest absolute Gasteiger partial charge is 0.407 e. The molecule has 5 nitrogen and oxygen atoms in total. The molecule has 1 aliphatic carbocycles. The first-order valence-electron chi connectivity index (χ1n) is 5.99. The van der Waals surface area contributed by atoms with Crippen LogP contribution < -0.4 is 5.32 Å². The second-order valence-electron chi connectivity index (χ2n) is 5.19. The van der Waals surface area contributed by atoms with Gasteiger partial charge in [0.15, 0.2) is 0 Å². The van der Waals surface area contributed by atoms with E-state index >= 15 is 0 Å². The van der Waals surface area contributed by atoms with Gasteiger partial charge in [-0.3, -0.25) is 4.79 Å². The van der Waals surface area contributed by atoms with Crippen molar-refractivity contribution >= 4 is 12.1 Å². The number of carbonyl (C=O) groups is 2. The lowest BCUT2D eigenvalue weighted by Gasteiger charge is -2.35. The number of rotatable bonds is 3. The molecule has 0 aromatic rings. The number of alkyl carbamates (subject to hydrolysis) is 1. The summed E-state index contributed by atoms with van der Waals surface area (Å²) in [6.07, 6.45) is 1.08. The van der Waals surface area contributed by atoms with Gasteiger partial charge in [-0.05, 0) is 40.5 Å². The molecule has 98 valence electrons. The van der Waals surface area contributed by atoms with Crippen molar-refractivity contribution in [3.63, 3.8) is 0 Å². The van der Waals surface area contributed by atoms with Gasteiger partial charge in [0.2, 0.25) is 0 Å². The van der Waals surface area contributed by atoms with E-state index in [-0.39, 0.29) is 17.9 Å². The van der Waals surface area contributed by atoms with Crippen LogP contribution in [-0.4, -0.2) is 30.3 Å². The standard InChI is InChI=1S/C12H21NO4/c1-5-16-10(14)8-6-7-9(8)13-11(15)17-12(2,3)4/h8-9H,5-7H2,1-4H3,(H,13,15). The fourth-order valence-corrected chi connectivity index (χ4v) is 1.66. The van der Waals surface area contributed by atoms with Crippen molar-refractivity contribution in [3.05, 3.63) is 0 Å². The Kier molecular flexibility index (Phi) is 4.37. The molecule has 0 saturated heterocycles. The van der Waals surface area contributed by atoms with Gasteiger partial charge in [-0.15, -0.1) is 0 Å². The maximum atomic E-state index is 11.5. The van der Waals surface area contributed by atoms with Crippen molar-refractivity contribution in [2.24, 2.45) is 5.92 Å². The third kappa shape index (κ3) is 4.24. The Hall–Kier alpha value is -1.26. The predicted molar refractivity (Wildman–Crippen MR) is 62.5 cm³/mol. The Bertz CT molecular complexity index is 295. The lowest BCUT2D eigenvalue weighted by Crippen LogP contribution is -2.51. The van der Waals surface area contributed by atoms with Gasteiger partial charge in [0.1, 0.15) is 5.60 Å². The molecule has 0 heterocycles. The molecule has 1 N–H and O–H groups in total. The van der Waals surface area contributed by atoms with E-state index < -0.39 is 11.7 Å². The molecule has 17 heavy (non-hydrogen) atoms. The quantitative estimate of drug-likeness (QED) is 0.768. The third-order valence-electron chi connectivity index (χ3n) is 2.57. The van der Waals surface area contributed by atoms with Crippen LogP contribution >= 0.6 is 0 Å². The fraction of sp³-hybridized carbons (Fsp3) is 0.833. The summed E-state index contributed by atoms with van der Waals surface area (Å²) in [6.45, 7) is 7.55. The predicted octanol–water partition coefficient (Wildman–Crippen LogP) is 1.85. The van der Waals surface area contributed by atoms with Gasteiger partial charge in [0.05, 0.1) is 12.5 Å². The Morgan fingerprint density at radius 3 is 2.35 bits per heavy atom. The largest absolute Gasteiger partial charge is 0.466 e. The monoisotopic (exact) mass is 243 g/mol. The lowest BCUT2D eigenvalue weighted by molar-refractivity contribution is -0.152. The molecule has 0 aromatic heterocycles. The number of carbonyl (C=O) groups excluding carboxylic acids is 2. The van der Waals surface area contributed by atoms with Gasteiger partial charge in [0, 0.05) is 6.04 Å². The molecule has 1 amide bonds. The first kappa shape index (κ1) is 13.8. The SMILES string of the molecule is CCOC(=O)C1CCC1NC(=O)OC(C)(C)C. The molecule has 1 rings (SSSR count). The third-order valence-corrected chi connectivity index (χ3v) is 2.57. The average Bonchev–Trinajstić information content (AvgIpc) is 2.10. The van der Waals surface area contributed by atoms with Crippen molar-refractivity contribution in [2.45, 2.75) is 52.2 Å². The Morgan fingerprint density at radius 1 is 1.29 bits per heavy atom. The van der Waals surface area contributed by atoms with Crippen LogP contribution in [0.25, 0.3) is 0 Å². The van der Waals surface area contributed by atoms with Crippen LogP contribution in [0.3, 0.4) is 0 Å². The molecule has 0 aliphatic heterocycles. The number of nitrogens with one attached hydrogen (secondary N) is 1. The van der Waals surface area contributed by atoms with Gasteiger partial charge >= 0.3 is 12.1 Å². The van der Waals surface area contributed by atoms with Crippen LogP contribution in [0.15, 0.2) is 0 Å². The van der Waals surface area contributed by atoms with Crippen molar-refractivity contribution in [1.29, 1.82) is 0 Å². The highest BCUT2D eigenvalue weighted by Gasteiger charge is 2.39. The van der Waals surface area contributed by atoms with E-state index in [1.165, 1.54) is 0 Å². The molecule has 1 saturated carbocycles. The topological polar surface area (TPSA) is 64.6 Å². The Labute approximate surface area is 102 Å². The van der Waals surface area contributed by atoms with Gasteiger partial charge < -0.3 is 14.8 Å². The van der Waals surface area contributed by atoms with Crippen LogP contribution in [0.4, 0.5) is 4.79 Å². The van der Waals surface area contributed by atoms with Crippen molar-refractivity contribution in [2.75, 3.05) is 6.61 Å². The second-order valence-corrected chi connectivity index (χ2v) is 5.19. The summed E-state index contributed by atoms with van der Waals surface area (Å²) < 4.78 is 10.1. The molecule has 0 radical (unpaired) electrons. The minimum absolute atomic E-state index is 0.149. The van der Waals surface area contributed by atoms with Crippen molar-refractivity contribution in [1.82, 2.24) is 5.32 Å². The van der Waals surface area contributed by atoms with E-state index in [4.69, 9.17) is 9.47 Å².